The second-order valence-corrected chi connectivity index (χ2v) is 5.39. The molecule has 23 heavy (non-hydrogen) atoms. The summed E-state index contributed by atoms with van der Waals surface area (Å²) >= 11 is 0. The van der Waals surface area contributed by atoms with Gasteiger partial charge in [0.2, 0.25) is 0 Å². The van der Waals surface area contributed by atoms with Crippen molar-refractivity contribution in [2.45, 2.75) is 6.54 Å². The maximum atomic E-state index is 5.67. The first-order chi connectivity index (χ1) is 11.3. The number of benzene rings is 3. The summed E-state index contributed by atoms with van der Waals surface area (Å²) in [7, 11) is 1.68. The molecular weight excluding hydrogens is 288 g/mol. The van der Waals surface area contributed by atoms with Crippen molar-refractivity contribution < 1.29 is 9.15 Å². The highest BCUT2D eigenvalue weighted by Crippen LogP contribution is 2.23. The number of rotatable bonds is 4. The van der Waals surface area contributed by atoms with Crippen LogP contribution in [0.2, 0.25) is 0 Å². The summed E-state index contributed by atoms with van der Waals surface area (Å²) in [6, 6.07) is 20.7. The molecular formula is C19H16N2O2. The van der Waals surface area contributed by atoms with Crippen LogP contribution < -0.4 is 10.1 Å². The number of oxazole rings is 1. The molecule has 0 radical (unpaired) electrons. The lowest BCUT2D eigenvalue weighted by molar-refractivity contribution is 0.415. The number of fused-ring (bicyclic) bond motifs is 2. The average molecular weight is 304 g/mol. The summed E-state index contributed by atoms with van der Waals surface area (Å²) in [6.45, 7) is 0.661. The van der Waals surface area contributed by atoms with Crippen LogP contribution >= 0.6 is 0 Å². The van der Waals surface area contributed by atoms with Crippen molar-refractivity contribution in [3.63, 3.8) is 0 Å². The van der Waals surface area contributed by atoms with Crippen LogP contribution in [-0.2, 0) is 6.54 Å². The molecule has 4 aromatic rings. The Morgan fingerprint density at radius 2 is 1.83 bits per heavy atom. The normalized spacial score (nSPS) is 11.0. The van der Waals surface area contributed by atoms with Gasteiger partial charge in [0.15, 0.2) is 5.58 Å². The van der Waals surface area contributed by atoms with E-state index >= 15 is 0 Å². The van der Waals surface area contributed by atoms with Gasteiger partial charge in [-0.05, 0) is 46.7 Å². The van der Waals surface area contributed by atoms with E-state index < -0.39 is 0 Å². The average Bonchev–Trinajstić information content (AvgIpc) is 3.02. The molecule has 0 amide bonds. The van der Waals surface area contributed by atoms with Gasteiger partial charge < -0.3 is 14.5 Å². The van der Waals surface area contributed by atoms with Crippen LogP contribution in [-0.4, -0.2) is 12.1 Å². The Bertz CT molecular complexity index is 942. The fraction of sp³-hybridized carbons (Fsp3) is 0.105. The molecule has 4 rings (SSSR count). The minimum absolute atomic E-state index is 0.543. The monoisotopic (exact) mass is 304 g/mol. The van der Waals surface area contributed by atoms with Gasteiger partial charge in [-0.3, -0.25) is 0 Å². The zero-order chi connectivity index (χ0) is 15.6. The predicted octanol–water partition coefficient (Wildman–Crippen LogP) is 4.60. The number of anilines is 1. The van der Waals surface area contributed by atoms with Crippen LogP contribution in [0.3, 0.4) is 0 Å². The molecule has 0 saturated heterocycles. The van der Waals surface area contributed by atoms with Gasteiger partial charge in [-0.2, -0.15) is 4.98 Å². The van der Waals surface area contributed by atoms with Crippen LogP contribution in [0.15, 0.2) is 65.1 Å². The molecule has 4 heteroatoms. The van der Waals surface area contributed by atoms with Crippen molar-refractivity contribution in [3.8, 4) is 5.75 Å². The predicted molar refractivity (Wildman–Crippen MR) is 91.8 cm³/mol. The zero-order valence-electron chi connectivity index (χ0n) is 12.7. The smallest absolute Gasteiger partial charge is 0.295 e. The summed E-state index contributed by atoms with van der Waals surface area (Å²) in [5, 5.41) is 5.58. The SMILES string of the molecule is COc1ccc2cc(CNc3nc4ccccc4o3)ccc2c1. The number of nitrogens with zero attached hydrogens (tertiary/aromatic N) is 1. The quantitative estimate of drug-likeness (QED) is 0.598. The molecule has 0 fully saturated rings. The summed E-state index contributed by atoms with van der Waals surface area (Å²) in [5.41, 5.74) is 2.83. The van der Waals surface area contributed by atoms with Crippen molar-refractivity contribution in [2.75, 3.05) is 12.4 Å². The number of ether oxygens (including phenoxy) is 1. The number of nitrogens with one attached hydrogen (secondary N) is 1. The highest BCUT2D eigenvalue weighted by atomic mass is 16.5. The van der Waals surface area contributed by atoms with Gasteiger partial charge in [0, 0.05) is 6.54 Å². The minimum atomic E-state index is 0.543. The first-order valence-corrected chi connectivity index (χ1v) is 7.48. The molecule has 4 nitrogen and oxygen atoms in total. The van der Waals surface area contributed by atoms with Gasteiger partial charge in [0.05, 0.1) is 7.11 Å². The molecule has 0 atom stereocenters. The van der Waals surface area contributed by atoms with Crippen LogP contribution in [0, 0.1) is 0 Å². The van der Waals surface area contributed by atoms with Crippen molar-refractivity contribution in [3.05, 3.63) is 66.2 Å². The molecule has 1 N–H and O–H groups in total. The van der Waals surface area contributed by atoms with E-state index in [0.717, 1.165) is 22.2 Å². The molecule has 0 bridgehead atoms. The van der Waals surface area contributed by atoms with E-state index in [4.69, 9.17) is 9.15 Å². The lowest BCUT2D eigenvalue weighted by Crippen LogP contribution is -1.99. The number of hydrogen-bond donors (Lipinski definition) is 1. The number of aromatic nitrogens is 1. The van der Waals surface area contributed by atoms with Gasteiger partial charge in [0.1, 0.15) is 11.3 Å². The first-order valence-electron chi connectivity index (χ1n) is 7.48. The van der Waals surface area contributed by atoms with E-state index in [1.165, 1.54) is 10.9 Å². The molecule has 0 unspecified atom stereocenters. The van der Waals surface area contributed by atoms with Crippen molar-refractivity contribution in [2.24, 2.45) is 0 Å². The molecule has 0 aliphatic carbocycles. The molecule has 0 saturated carbocycles. The summed E-state index contributed by atoms with van der Waals surface area (Å²) < 4.78 is 10.9. The number of para-hydroxylation sites is 2. The fourth-order valence-corrected chi connectivity index (χ4v) is 2.64. The van der Waals surface area contributed by atoms with E-state index in [1.54, 1.807) is 7.11 Å². The maximum absolute atomic E-state index is 5.67. The van der Waals surface area contributed by atoms with Crippen LogP contribution in [0.4, 0.5) is 6.01 Å². The Hall–Kier alpha value is -3.01. The zero-order valence-corrected chi connectivity index (χ0v) is 12.7. The highest BCUT2D eigenvalue weighted by Gasteiger charge is 2.05. The molecule has 1 heterocycles. The van der Waals surface area contributed by atoms with Gasteiger partial charge in [-0.1, -0.05) is 30.3 Å². The largest absolute Gasteiger partial charge is 0.497 e. The fourth-order valence-electron chi connectivity index (χ4n) is 2.64. The third kappa shape index (κ3) is 2.71. The molecule has 114 valence electrons. The van der Waals surface area contributed by atoms with Crippen molar-refractivity contribution >= 4 is 27.9 Å². The van der Waals surface area contributed by atoms with E-state index in [0.29, 0.717) is 12.6 Å². The standard InChI is InChI=1S/C19H16N2O2/c1-22-16-9-8-14-10-13(6-7-15(14)11-16)12-20-19-21-17-4-2-3-5-18(17)23-19/h2-11H,12H2,1H3,(H,20,21). The van der Waals surface area contributed by atoms with E-state index in [1.807, 2.05) is 36.4 Å². The van der Waals surface area contributed by atoms with Gasteiger partial charge in [-0.25, -0.2) is 0 Å². The Morgan fingerprint density at radius 3 is 2.70 bits per heavy atom. The number of hydrogen-bond acceptors (Lipinski definition) is 4. The summed E-state index contributed by atoms with van der Waals surface area (Å²) in [4.78, 5) is 4.42. The van der Waals surface area contributed by atoms with Gasteiger partial charge >= 0.3 is 0 Å². The van der Waals surface area contributed by atoms with E-state index in [9.17, 15) is 0 Å². The Balaban J connectivity index is 1.55. The maximum Gasteiger partial charge on any atom is 0.295 e. The molecule has 3 aromatic carbocycles. The van der Waals surface area contributed by atoms with Crippen LogP contribution in [0.1, 0.15) is 5.56 Å². The topological polar surface area (TPSA) is 47.3 Å². The molecule has 0 spiro atoms. The summed E-state index contributed by atoms with van der Waals surface area (Å²) in [6.07, 6.45) is 0. The van der Waals surface area contributed by atoms with Crippen LogP contribution in [0.25, 0.3) is 21.9 Å². The van der Waals surface area contributed by atoms with Crippen LogP contribution in [0.5, 0.6) is 5.75 Å². The summed E-state index contributed by atoms with van der Waals surface area (Å²) in [5.74, 6) is 0.870. The van der Waals surface area contributed by atoms with Crippen molar-refractivity contribution in [1.82, 2.24) is 4.98 Å². The molecule has 0 aliphatic rings. The second kappa shape index (κ2) is 5.65. The third-order valence-corrected chi connectivity index (χ3v) is 3.85. The lowest BCUT2D eigenvalue weighted by atomic mass is 10.1. The van der Waals surface area contributed by atoms with Crippen molar-refractivity contribution in [1.29, 1.82) is 0 Å². The van der Waals surface area contributed by atoms with Gasteiger partial charge in [0.25, 0.3) is 6.01 Å². The minimum Gasteiger partial charge on any atom is -0.497 e. The Morgan fingerprint density at radius 1 is 1.00 bits per heavy atom. The third-order valence-electron chi connectivity index (χ3n) is 3.85. The van der Waals surface area contributed by atoms with E-state index in [-0.39, 0.29) is 0 Å². The Kier molecular flexibility index (Phi) is 3.35. The lowest BCUT2D eigenvalue weighted by Gasteiger charge is -2.06. The van der Waals surface area contributed by atoms with Gasteiger partial charge in [-0.15, -0.1) is 0 Å². The first kappa shape index (κ1) is 13.6. The molecule has 0 aliphatic heterocycles. The number of methoxy groups -OCH3 is 1. The Labute approximate surface area is 133 Å². The van der Waals surface area contributed by atoms with E-state index in [2.05, 4.69) is 34.6 Å². The molecule has 1 aromatic heterocycles. The highest BCUT2D eigenvalue weighted by molar-refractivity contribution is 5.84. The second-order valence-electron chi connectivity index (χ2n) is 5.39.